The number of amidine groups is 2. The molecule has 3 aromatic carbocycles. The maximum atomic E-state index is 12.8. The number of carbonyl (C=O) groups excluding carboxylic acids is 2. The molecule has 3 rings (SSSR count). The van der Waals surface area contributed by atoms with Gasteiger partial charge in [0.2, 0.25) is 0 Å². The van der Waals surface area contributed by atoms with Crippen LogP contribution in [0.1, 0.15) is 31.8 Å². The lowest BCUT2D eigenvalue weighted by Gasteiger charge is -2.11. The number of benzene rings is 3. The van der Waals surface area contributed by atoms with Crippen molar-refractivity contribution in [3.63, 3.8) is 0 Å². The number of halogens is 1. The Kier molecular flexibility index (Phi) is 9.98. The first kappa shape index (κ1) is 27.1. The zero-order chi connectivity index (χ0) is 24.5. The van der Waals surface area contributed by atoms with Gasteiger partial charge in [-0.15, -0.1) is 12.4 Å². The molecule has 9 heteroatoms. The van der Waals surface area contributed by atoms with Crippen molar-refractivity contribution in [1.82, 2.24) is 10.6 Å². The van der Waals surface area contributed by atoms with E-state index in [1.807, 2.05) is 36.4 Å². The molecule has 0 radical (unpaired) electrons. The summed E-state index contributed by atoms with van der Waals surface area (Å²) < 4.78 is 0. The van der Waals surface area contributed by atoms with Gasteiger partial charge in [0.25, 0.3) is 11.8 Å². The molecule has 4 N–H and O–H groups in total. The minimum Gasteiger partial charge on any atom is -0.373 e. The standard InChI is InChI=1S/C26H28N6O2.ClH/c1-27-23(28-2)17-8-6-12-21(15-17)31-25(33)19-10-5-11-20(14-19)26(34)32-22-13-7-9-18(16-22)24(29-3)30-4;/h5-16H,1-4H3,(H,27,28)(H,29,30)(H,31,33)(H,32,34);1H. The van der Waals surface area contributed by atoms with Crippen LogP contribution in [-0.4, -0.2) is 51.7 Å². The molecule has 0 aliphatic heterocycles. The minimum atomic E-state index is -0.314. The highest BCUT2D eigenvalue weighted by Gasteiger charge is 2.12. The second-order valence-corrected chi connectivity index (χ2v) is 7.30. The Morgan fingerprint density at radius 1 is 0.600 bits per heavy atom. The third-order valence-electron chi connectivity index (χ3n) is 5.10. The molecule has 0 aliphatic carbocycles. The maximum Gasteiger partial charge on any atom is 0.255 e. The Bertz CT molecular complexity index is 1160. The van der Waals surface area contributed by atoms with Crippen molar-refractivity contribution in [2.45, 2.75) is 0 Å². The highest BCUT2D eigenvalue weighted by atomic mass is 35.5. The second-order valence-electron chi connectivity index (χ2n) is 7.30. The number of hydrogen-bond donors (Lipinski definition) is 4. The monoisotopic (exact) mass is 492 g/mol. The van der Waals surface area contributed by atoms with E-state index in [1.165, 1.54) is 0 Å². The van der Waals surface area contributed by atoms with Gasteiger partial charge in [-0.05, 0) is 42.5 Å². The first-order valence-electron chi connectivity index (χ1n) is 10.7. The normalized spacial score (nSPS) is 11.2. The fraction of sp³-hybridized carbons (Fsp3) is 0.154. The zero-order valence-corrected chi connectivity index (χ0v) is 20.9. The molecule has 0 heterocycles. The van der Waals surface area contributed by atoms with Crippen molar-refractivity contribution in [1.29, 1.82) is 0 Å². The molecule has 0 bridgehead atoms. The van der Waals surface area contributed by atoms with Crippen molar-refractivity contribution < 1.29 is 9.59 Å². The van der Waals surface area contributed by atoms with Gasteiger partial charge in [0.1, 0.15) is 11.7 Å². The van der Waals surface area contributed by atoms with E-state index in [2.05, 4.69) is 31.3 Å². The Morgan fingerprint density at radius 3 is 1.34 bits per heavy atom. The highest BCUT2D eigenvalue weighted by Crippen LogP contribution is 2.16. The van der Waals surface area contributed by atoms with E-state index in [0.717, 1.165) is 11.1 Å². The predicted octanol–water partition coefficient (Wildman–Crippen LogP) is 3.80. The molecule has 35 heavy (non-hydrogen) atoms. The lowest BCUT2D eigenvalue weighted by atomic mass is 10.1. The van der Waals surface area contributed by atoms with Crippen LogP contribution < -0.4 is 21.3 Å². The Hall–Kier alpha value is -4.17. The Labute approximate surface area is 211 Å². The Balaban J connectivity index is 0.00000432. The second kappa shape index (κ2) is 12.9. The van der Waals surface area contributed by atoms with Gasteiger partial charge in [0.05, 0.1) is 0 Å². The largest absolute Gasteiger partial charge is 0.373 e. The summed E-state index contributed by atoms with van der Waals surface area (Å²) in [5.41, 5.74) is 3.72. The summed E-state index contributed by atoms with van der Waals surface area (Å²) in [7, 11) is 6.97. The molecule has 3 aromatic rings. The van der Waals surface area contributed by atoms with Crippen LogP contribution in [0, 0.1) is 0 Å². The molecule has 0 unspecified atom stereocenters. The van der Waals surface area contributed by atoms with Gasteiger partial charge in [-0.3, -0.25) is 19.6 Å². The summed E-state index contributed by atoms with van der Waals surface area (Å²) in [5, 5.41) is 11.8. The highest BCUT2D eigenvalue weighted by molar-refractivity contribution is 6.09. The molecule has 0 aliphatic rings. The molecule has 8 nitrogen and oxygen atoms in total. The third-order valence-corrected chi connectivity index (χ3v) is 5.10. The summed E-state index contributed by atoms with van der Waals surface area (Å²) in [6, 6.07) is 21.3. The van der Waals surface area contributed by atoms with Crippen LogP contribution in [0.25, 0.3) is 0 Å². The van der Waals surface area contributed by atoms with Crippen molar-refractivity contribution in [3.8, 4) is 0 Å². The number of rotatable bonds is 6. The molecule has 2 amide bonds. The van der Waals surface area contributed by atoms with E-state index in [-0.39, 0.29) is 24.2 Å². The van der Waals surface area contributed by atoms with Crippen LogP contribution in [0.4, 0.5) is 11.4 Å². The Morgan fingerprint density at radius 2 is 0.971 bits per heavy atom. The van der Waals surface area contributed by atoms with E-state index in [4.69, 9.17) is 0 Å². The van der Waals surface area contributed by atoms with Gasteiger partial charge in [-0.2, -0.15) is 0 Å². The minimum absolute atomic E-state index is 0. The van der Waals surface area contributed by atoms with E-state index in [0.29, 0.717) is 34.2 Å². The fourth-order valence-electron chi connectivity index (χ4n) is 3.47. The number of nitrogens with zero attached hydrogens (tertiary/aromatic N) is 2. The lowest BCUT2D eigenvalue weighted by molar-refractivity contribution is 0.102. The summed E-state index contributed by atoms with van der Waals surface area (Å²) in [6.45, 7) is 0. The van der Waals surface area contributed by atoms with E-state index < -0.39 is 0 Å². The number of nitrogens with one attached hydrogen (secondary N) is 4. The summed E-state index contributed by atoms with van der Waals surface area (Å²) >= 11 is 0. The molecule has 0 saturated carbocycles. The summed E-state index contributed by atoms with van der Waals surface area (Å²) in [4.78, 5) is 34.1. The molecule has 0 spiro atoms. The van der Waals surface area contributed by atoms with Crippen LogP contribution in [0.2, 0.25) is 0 Å². The van der Waals surface area contributed by atoms with Crippen molar-refractivity contribution in [2.75, 3.05) is 38.8 Å². The molecular formula is C26H29ClN6O2. The average Bonchev–Trinajstić information content (AvgIpc) is 2.86. The summed E-state index contributed by atoms with van der Waals surface area (Å²) in [5.74, 6) is 0.800. The van der Waals surface area contributed by atoms with Crippen LogP contribution in [-0.2, 0) is 0 Å². The first-order chi connectivity index (χ1) is 16.5. The number of hydrogen-bond acceptors (Lipinski definition) is 4. The summed E-state index contributed by atoms with van der Waals surface area (Å²) in [6.07, 6.45) is 0. The predicted molar refractivity (Wildman–Crippen MR) is 146 cm³/mol. The smallest absolute Gasteiger partial charge is 0.255 e. The molecule has 0 saturated heterocycles. The van der Waals surface area contributed by atoms with Crippen LogP contribution in [0.3, 0.4) is 0 Å². The molecular weight excluding hydrogens is 464 g/mol. The van der Waals surface area contributed by atoms with E-state index in [9.17, 15) is 9.59 Å². The van der Waals surface area contributed by atoms with Crippen molar-refractivity contribution >= 4 is 47.3 Å². The quantitative estimate of drug-likeness (QED) is 0.310. The van der Waals surface area contributed by atoms with Crippen molar-refractivity contribution in [2.24, 2.45) is 9.98 Å². The lowest BCUT2D eigenvalue weighted by Crippen LogP contribution is -2.20. The number of amides is 2. The van der Waals surface area contributed by atoms with E-state index >= 15 is 0 Å². The van der Waals surface area contributed by atoms with Gasteiger partial charge >= 0.3 is 0 Å². The topological polar surface area (TPSA) is 107 Å². The molecule has 182 valence electrons. The third kappa shape index (κ3) is 6.91. The molecule has 0 fully saturated rings. The number of anilines is 2. The number of aliphatic imine (C=N–C) groups is 2. The fourth-order valence-corrected chi connectivity index (χ4v) is 3.47. The van der Waals surface area contributed by atoms with Gasteiger partial charge < -0.3 is 21.3 Å². The first-order valence-corrected chi connectivity index (χ1v) is 10.7. The maximum absolute atomic E-state index is 12.8. The van der Waals surface area contributed by atoms with Crippen LogP contribution >= 0.6 is 12.4 Å². The zero-order valence-electron chi connectivity index (χ0n) is 20.0. The van der Waals surface area contributed by atoms with Crippen molar-refractivity contribution in [3.05, 3.63) is 95.1 Å². The number of carbonyl (C=O) groups is 2. The average molecular weight is 493 g/mol. The van der Waals surface area contributed by atoms with Crippen LogP contribution in [0.15, 0.2) is 82.8 Å². The van der Waals surface area contributed by atoms with Gasteiger partial charge in [-0.25, -0.2) is 0 Å². The van der Waals surface area contributed by atoms with Crippen LogP contribution in [0.5, 0.6) is 0 Å². The van der Waals surface area contributed by atoms with Gasteiger partial charge in [0, 0.05) is 61.8 Å². The molecule has 0 atom stereocenters. The SMILES string of the molecule is CN=C(NC)c1cccc(NC(=O)c2cccc(C(=O)Nc3cccc(C(=NC)NC)c3)c2)c1.Cl. The molecule has 0 aromatic heterocycles. The van der Waals surface area contributed by atoms with Gasteiger partial charge in [0.15, 0.2) is 0 Å². The van der Waals surface area contributed by atoms with Gasteiger partial charge in [-0.1, -0.05) is 30.3 Å². The van der Waals surface area contributed by atoms with E-state index in [1.54, 1.807) is 64.6 Å².